The molecule has 1 atom stereocenters. The van der Waals surface area contributed by atoms with Crippen molar-refractivity contribution >= 4 is 0 Å². The van der Waals surface area contributed by atoms with Gasteiger partial charge in [-0.3, -0.25) is 0 Å². The molecule has 0 radical (unpaired) electrons. The lowest BCUT2D eigenvalue weighted by Crippen LogP contribution is -2.03. The molecule has 0 saturated heterocycles. The molecule has 0 aromatic rings. The highest BCUT2D eigenvalue weighted by atomic mass is 16.5. The Balaban J connectivity index is 3.04. The van der Waals surface area contributed by atoms with Crippen LogP contribution in [0, 0.1) is 11.5 Å². The summed E-state index contributed by atoms with van der Waals surface area (Å²) in [5.74, 6) is 0. The summed E-state index contributed by atoms with van der Waals surface area (Å²) in [5.41, 5.74) is 0. The van der Waals surface area contributed by atoms with Crippen molar-refractivity contribution in [1.82, 2.24) is 0 Å². The highest BCUT2D eigenvalue weighted by molar-refractivity contribution is 4.57. The van der Waals surface area contributed by atoms with Gasteiger partial charge in [-0.25, -0.2) is 0 Å². The lowest BCUT2D eigenvalue weighted by atomic mass is 10.1. The van der Waals surface area contributed by atoms with Gasteiger partial charge in [0.2, 0.25) is 0 Å². The number of nitrogens with zero attached hydrogens (tertiary/aromatic N) is 1. The standard InChI is InChI=1S/C10H19NO/c1-3-4-5-6-7-8-10(2)12-9-11/h10H,3-8H2,1-2H3. The second-order valence-electron chi connectivity index (χ2n) is 3.22. The van der Waals surface area contributed by atoms with Gasteiger partial charge in [-0.05, 0) is 19.8 Å². The first-order valence-electron chi connectivity index (χ1n) is 4.86. The largest absolute Gasteiger partial charge is 0.424 e. The lowest BCUT2D eigenvalue weighted by molar-refractivity contribution is 0.166. The van der Waals surface area contributed by atoms with Crippen molar-refractivity contribution in [2.24, 2.45) is 0 Å². The summed E-state index contributed by atoms with van der Waals surface area (Å²) in [4.78, 5) is 0. The van der Waals surface area contributed by atoms with Gasteiger partial charge in [0.1, 0.15) is 6.10 Å². The number of nitriles is 1. The van der Waals surface area contributed by atoms with Crippen LogP contribution < -0.4 is 0 Å². The highest BCUT2D eigenvalue weighted by Crippen LogP contribution is 2.08. The normalized spacial score (nSPS) is 12.1. The monoisotopic (exact) mass is 169 g/mol. The Labute approximate surface area is 75.5 Å². The average molecular weight is 169 g/mol. The van der Waals surface area contributed by atoms with E-state index in [1.54, 1.807) is 6.26 Å². The van der Waals surface area contributed by atoms with Crippen LogP contribution in [0.4, 0.5) is 0 Å². The van der Waals surface area contributed by atoms with Gasteiger partial charge in [-0.15, -0.1) is 0 Å². The van der Waals surface area contributed by atoms with Crippen LogP contribution in [0.2, 0.25) is 0 Å². The van der Waals surface area contributed by atoms with E-state index < -0.39 is 0 Å². The maximum absolute atomic E-state index is 8.21. The molecule has 0 bridgehead atoms. The van der Waals surface area contributed by atoms with E-state index in [-0.39, 0.29) is 6.10 Å². The Bertz CT molecular complexity index is 128. The molecule has 2 nitrogen and oxygen atoms in total. The van der Waals surface area contributed by atoms with Gasteiger partial charge in [-0.2, -0.15) is 5.26 Å². The second kappa shape index (κ2) is 8.39. The van der Waals surface area contributed by atoms with Crippen molar-refractivity contribution in [1.29, 1.82) is 5.26 Å². The van der Waals surface area contributed by atoms with Gasteiger partial charge in [0.05, 0.1) is 0 Å². The van der Waals surface area contributed by atoms with E-state index in [1.807, 2.05) is 6.92 Å². The molecule has 0 aromatic heterocycles. The first-order chi connectivity index (χ1) is 5.81. The number of hydrogen-bond acceptors (Lipinski definition) is 2. The Morgan fingerprint density at radius 1 is 1.25 bits per heavy atom. The molecule has 0 aliphatic carbocycles. The van der Waals surface area contributed by atoms with Crippen molar-refractivity contribution in [3.63, 3.8) is 0 Å². The first kappa shape index (κ1) is 11.3. The van der Waals surface area contributed by atoms with Crippen LogP contribution >= 0.6 is 0 Å². The molecule has 70 valence electrons. The van der Waals surface area contributed by atoms with E-state index in [0.29, 0.717) is 0 Å². The molecule has 1 unspecified atom stereocenters. The zero-order valence-electron chi connectivity index (χ0n) is 8.18. The lowest BCUT2D eigenvalue weighted by Gasteiger charge is -2.06. The van der Waals surface area contributed by atoms with Crippen LogP contribution in [-0.4, -0.2) is 6.10 Å². The van der Waals surface area contributed by atoms with Crippen molar-refractivity contribution in [3.8, 4) is 6.26 Å². The molecule has 2 heteroatoms. The van der Waals surface area contributed by atoms with Crippen LogP contribution in [0.15, 0.2) is 0 Å². The van der Waals surface area contributed by atoms with Crippen molar-refractivity contribution in [3.05, 3.63) is 0 Å². The minimum Gasteiger partial charge on any atom is -0.424 e. The Hall–Kier alpha value is -0.710. The van der Waals surface area contributed by atoms with E-state index in [0.717, 1.165) is 6.42 Å². The number of ether oxygens (including phenoxy) is 1. The number of unbranched alkanes of at least 4 members (excludes halogenated alkanes) is 4. The Kier molecular flexibility index (Phi) is 7.89. The van der Waals surface area contributed by atoms with Gasteiger partial charge in [-0.1, -0.05) is 32.6 Å². The predicted molar refractivity (Wildman–Crippen MR) is 49.5 cm³/mol. The van der Waals surface area contributed by atoms with Gasteiger partial charge in [0.25, 0.3) is 6.26 Å². The van der Waals surface area contributed by atoms with E-state index in [9.17, 15) is 0 Å². The third-order valence-electron chi connectivity index (χ3n) is 1.97. The van der Waals surface area contributed by atoms with Crippen molar-refractivity contribution < 1.29 is 4.74 Å². The molecule has 0 fully saturated rings. The summed E-state index contributed by atoms with van der Waals surface area (Å²) in [5, 5.41) is 8.21. The molecule has 0 saturated carbocycles. The molecular formula is C10H19NO. The Morgan fingerprint density at radius 2 is 1.92 bits per heavy atom. The summed E-state index contributed by atoms with van der Waals surface area (Å²) in [7, 11) is 0. The van der Waals surface area contributed by atoms with E-state index in [2.05, 4.69) is 6.92 Å². The molecule has 0 spiro atoms. The van der Waals surface area contributed by atoms with Crippen molar-refractivity contribution in [2.45, 2.75) is 58.5 Å². The predicted octanol–water partition coefficient (Wildman–Crippen LogP) is 3.23. The second-order valence-corrected chi connectivity index (χ2v) is 3.22. The topological polar surface area (TPSA) is 33.0 Å². The van der Waals surface area contributed by atoms with E-state index >= 15 is 0 Å². The zero-order chi connectivity index (χ0) is 9.23. The van der Waals surface area contributed by atoms with E-state index in [4.69, 9.17) is 10.00 Å². The molecular weight excluding hydrogens is 150 g/mol. The van der Waals surface area contributed by atoms with Crippen molar-refractivity contribution in [2.75, 3.05) is 0 Å². The van der Waals surface area contributed by atoms with E-state index in [1.165, 1.54) is 32.1 Å². The number of rotatable bonds is 7. The third-order valence-corrected chi connectivity index (χ3v) is 1.97. The zero-order valence-corrected chi connectivity index (χ0v) is 8.18. The summed E-state index contributed by atoms with van der Waals surface area (Å²) in [6, 6.07) is 0. The summed E-state index contributed by atoms with van der Waals surface area (Å²) in [6.45, 7) is 4.16. The maximum Gasteiger partial charge on any atom is 0.286 e. The fraction of sp³-hybridized carbons (Fsp3) is 0.900. The number of hydrogen-bond donors (Lipinski definition) is 0. The summed E-state index contributed by atoms with van der Waals surface area (Å²) >= 11 is 0. The minimum absolute atomic E-state index is 0.108. The highest BCUT2D eigenvalue weighted by Gasteiger charge is 2.00. The molecule has 0 N–H and O–H groups in total. The van der Waals surface area contributed by atoms with Crippen LogP contribution in [0.5, 0.6) is 0 Å². The molecule has 0 heterocycles. The molecule has 0 aliphatic heterocycles. The molecule has 0 amide bonds. The fourth-order valence-corrected chi connectivity index (χ4v) is 1.18. The maximum atomic E-state index is 8.21. The Morgan fingerprint density at radius 3 is 2.50 bits per heavy atom. The van der Waals surface area contributed by atoms with Crippen LogP contribution in [0.1, 0.15) is 52.4 Å². The van der Waals surface area contributed by atoms with Gasteiger partial charge < -0.3 is 4.74 Å². The van der Waals surface area contributed by atoms with Gasteiger partial charge in [0.15, 0.2) is 0 Å². The summed E-state index contributed by atoms with van der Waals surface area (Å²) < 4.78 is 4.75. The minimum atomic E-state index is 0.108. The quantitative estimate of drug-likeness (QED) is 0.433. The smallest absolute Gasteiger partial charge is 0.286 e. The SMILES string of the molecule is CCCCCCCC(C)OC#N. The van der Waals surface area contributed by atoms with Crippen LogP contribution in [0.25, 0.3) is 0 Å². The van der Waals surface area contributed by atoms with Crippen LogP contribution in [0.3, 0.4) is 0 Å². The molecule has 0 aromatic carbocycles. The van der Waals surface area contributed by atoms with Gasteiger partial charge in [0, 0.05) is 0 Å². The fourth-order valence-electron chi connectivity index (χ4n) is 1.18. The summed E-state index contributed by atoms with van der Waals surface area (Å²) in [6.07, 6.45) is 9.22. The molecule has 0 rings (SSSR count). The third kappa shape index (κ3) is 7.40. The molecule has 12 heavy (non-hydrogen) atoms. The van der Waals surface area contributed by atoms with Gasteiger partial charge >= 0.3 is 0 Å². The molecule has 0 aliphatic rings. The van der Waals surface area contributed by atoms with Crippen LogP contribution in [-0.2, 0) is 4.74 Å². The first-order valence-corrected chi connectivity index (χ1v) is 4.86. The average Bonchev–Trinajstić information content (AvgIpc) is 2.05.